The summed E-state index contributed by atoms with van der Waals surface area (Å²) in [5, 5.41) is 0. The molecule has 0 aliphatic heterocycles. The normalized spacial score (nSPS) is 14.2. The van der Waals surface area contributed by atoms with Gasteiger partial charge in [0.2, 0.25) is 0 Å². The van der Waals surface area contributed by atoms with Crippen LogP contribution in [0.4, 0.5) is 0 Å². The molecule has 5 nitrogen and oxygen atoms in total. The Hall–Kier alpha value is -0.650. The molecule has 0 amide bonds. The molecule has 0 aromatic heterocycles. The molecule has 0 bridgehead atoms. The lowest BCUT2D eigenvalue weighted by atomic mass is 9.96. The summed E-state index contributed by atoms with van der Waals surface area (Å²) in [7, 11) is 1.68. The van der Waals surface area contributed by atoms with Gasteiger partial charge in [-0.25, -0.2) is 0 Å². The molecule has 18 heavy (non-hydrogen) atoms. The summed E-state index contributed by atoms with van der Waals surface area (Å²) in [4.78, 5) is 11.5. The number of ether oxygens (including phenoxy) is 3. The van der Waals surface area contributed by atoms with E-state index in [-0.39, 0.29) is 5.97 Å². The van der Waals surface area contributed by atoms with E-state index in [0.717, 1.165) is 25.9 Å². The van der Waals surface area contributed by atoms with Crippen LogP contribution < -0.4 is 5.73 Å². The predicted molar refractivity (Wildman–Crippen MR) is 70.4 cm³/mol. The number of nitrogens with two attached hydrogens (primary N) is 1. The van der Waals surface area contributed by atoms with Crippen LogP contribution in [0.1, 0.15) is 39.5 Å². The highest BCUT2D eigenvalue weighted by atomic mass is 16.5. The Labute approximate surface area is 110 Å². The average molecular weight is 261 g/mol. The van der Waals surface area contributed by atoms with Crippen molar-refractivity contribution in [1.29, 1.82) is 0 Å². The van der Waals surface area contributed by atoms with Gasteiger partial charge in [0.1, 0.15) is 5.54 Å². The third kappa shape index (κ3) is 8.44. The lowest BCUT2D eigenvalue weighted by Crippen LogP contribution is -2.46. The molecule has 2 N–H and O–H groups in total. The Kier molecular flexibility index (Phi) is 9.92. The number of unbranched alkanes of at least 4 members (excludes halogenated alkanes) is 1. The van der Waals surface area contributed by atoms with Gasteiger partial charge in [0.05, 0.1) is 6.61 Å². The van der Waals surface area contributed by atoms with Crippen molar-refractivity contribution >= 4 is 5.97 Å². The van der Waals surface area contributed by atoms with Crippen LogP contribution in [0.5, 0.6) is 0 Å². The van der Waals surface area contributed by atoms with Gasteiger partial charge < -0.3 is 19.9 Å². The maximum Gasteiger partial charge on any atom is 0.325 e. The second-order valence-electron chi connectivity index (χ2n) is 4.55. The van der Waals surface area contributed by atoms with E-state index >= 15 is 0 Å². The molecule has 0 saturated carbocycles. The highest BCUT2D eigenvalue weighted by Gasteiger charge is 2.28. The first-order chi connectivity index (χ1) is 8.54. The summed E-state index contributed by atoms with van der Waals surface area (Å²) >= 11 is 0. The molecule has 1 unspecified atom stereocenters. The van der Waals surface area contributed by atoms with Crippen molar-refractivity contribution in [3.63, 3.8) is 0 Å². The van der Waals surface area contributed by atoms with E-state index in [1.165, 1.54) is 0 Å². The van der Waals surface area contributed by atoms with E-state index in [2.05, 4.69) is 0 Å². The standard InChI is InChI=1S/C13H27NO4/c1-4-18-12(15)13(2,14)8-5-6-10-17-11-7-9-16-3/h4-11,14H2,1-3H3. The second kappa shape index (κ2) is 10.3. The van der Waals surface area contributed by atoms with Crippen LogP contribution in [0.2, 0.25) is 0 Å². The largest absolute Gasteiger partial charge is 0.465 e. The molecule has 0 heterocycles. The third-order valence-electron chi connectivity index (χ3n) is 2.61. The summed E-state index contributed by atoms with van der Waals surface area (Å²) < 4.78 is 15.3. The quantitative estimate of drug-likeness (QED) is 0.451. The Morgan fingerprint density at radius 3 is 2.44 bits per heavy atom. The molecular formula is C13H27NO4. The summed E-state index contributed by atoms with van der Waals surface area (Å²) in [5.74, 6) is -0.328. The molecule has 0 aliphatic rings. The number of carbonyl (C=O) groups excluding carboxylic acids is 1. The molecule has 0 saturated heterocycles. The Morgan fingerprint density at radius 1 is 1.17 bits per heavy atom. The molecule has 1 atom stereocenters. The number of esters is 1. The first-order valence-corrected chi connectivity index (χ1v) is 6.57. The monoisotopic (exact) mass is 261 g/mol. The van der Waals surface area contributed by atoms with Gasteiger partial charge >= 0.3 is 5.97 Å². The van der Waals surface area contributed by atoms with Crippen LogP contribution in [0.25, 0.3) is 0 Å². The van der Waals surface area contributed by atoms with Crippen molar-refractivity contribution in [3.8, 4) is 0 Å². The Morgan fingerprint density at radius 2 is 1.83 bits per heavy atom. The minimum atomic E-state index is -0.883. The zero-order valence-electron chi connectivity index (χ0n) is 11.9. The predicted octanol–water partition coefficient (Wildman–Crippen LogP) is 1.49. The topological polar surface area (TPSA) is 70.8 Å². The van der Waals surface area contributed by atoms with E-state index in [1.54, 1.807) is 21.0 Å². The average Bonchev–Trinajstić information content (AvgIpc) is 2.33. The molecule has 0 rings (SSSR count). The fourth-order valence-electron chi connectivity index (χ4n) is 1.50. The SMILES string of the molecule is CCOC(=O)C(C)(N)CCCCOCCCOC. The number of hydrogen-bond donors (Lipinski definition) is 1. The van der Waals surface area contributed by atoms with Crippen LogP contribution in [0, 0.1) is 0 Å². The maximum absolute atomic E-state index is 11.5. The molecular weight excluding hydrogens is 234 g/mol. The van der Waals surface area contributed by atoms with Gasteiger partial charge in [-0.05, 0) is 39.5 Å². The van der Waals surface area contributed by atoms with Crippen molar-refractivity contribution in [2.75, 3.05) is 33.5 Å². The van der Waals surface area contributed by atoms with Crippen molar-refractivity contribution in [2.45, 2.75) is 45.1 Å². The first kappa shape index (κ1) is 17.4. The van der Waals surface area contributed by atoms with Crippen LogP contribution in [0.3, 0.4) is 0 Å². The van der Waals surface area contributed by atoms with E-state index < -0.39 is 5.54 Å². The van der Waals surface area contributed by atoms with Gasteiger partial charge in [-0.2, -0.15) is 0 Å². The highest BCUT2D eigenvalue weighted by molar-refractivity contribution is 5.79. The molecule has 0 aromatic carbocycles. The molecule has 0 spiro atoms. The minimum absolute atomic E-state index is 0.328. The lowest BCUT2D eigenvalue weighted by molar-refractivity contribution is -0.149. The Balaban J connectivity index is 3.49. The van der Waals surface area contributed by atoms with Crippen LogP contribution in [-0.2, 0) is 19.0 Å². The van der Waals surface area contributed by atoms with Crippen molar-refractivity contribution in [2.24, 2.45) is 5.73 Å². The van der Waals surface area contributed by atoms with Gasteiger partial charge in [-0.1, -0.05) is 0 Å². The third-order valence-corrected chi connectivity index (χ3v) is 2.61. The molecule has 5 heteroatoms. The van der Waals surface area contributed by atoms with Gasteiger partial charge in [0, 0.05) is 26.9 Å². The smallest absolute Gasteiger partial charge is 0.325 e. The second-order valence-corrected chi connectivity index (χ2v) is 4.55. The van der Waals surface area contributed by atoms with Crippen molar-refractivity contribution < 1.29 is 19.0 Å². The first-order valence-electron chi connectivity index (χ1n) is 6.57. The van der Waals surface area contributed by atoms with E-state index in [1.807, 2.05) is 0 Å². The molecule has 0 fully saturated rings. The van der Waals surface area contributed by atoms with Gasteiger partial charge in [-0.3, -0.25) is 4.79 Å². The number of rotatable bonds is 11. The number of carbonyl (C=O) groups is 1. The van der Waals surface area contributed by atoms with Crippen LogP contribution in [0.15, 0.2) is 0 Å². The van der Waals surface area contributed by atoms with E-state index in [4.69, 9.17) is 19.9 Å². The molecule has 108 valence electrons. The fraction of sp³-hybridized carbons (Fsp3) is 0.923. The summed E-state index contributed by atoms with van der Waals surface area (Å²) in [6, 6.07) is 0. The van der Waals surface area contributed by atoms with Crippen molar-refractivity contribution in [1.82, 2.24) is 0 Å². The maximum atomic E-state index is 11.5. The highest BCUT2D eigenvalue weighted by Crippen LogP contribution is 2.12. The van der Waals surface area contributed by atoms with E-state index in [9.17, 15) is 4.79 Å². The number of hydrogen-bond acceptors (Lipinski definition) is 5. The van der Waals surface area contributed by atoms with Gasteiger partial charge in [0.25, 0.3) is 0 Å². The van der Waals surface area contributed by atoms with Crippen LogP contribution in [-0.4, -0.2) is 45.0 Å². The minimum Gasteiger partial charge on any atom is -0.465 e. The molecule has 0 radical (unpaired) electrons. The summed E-state index contributed by atoms with van der Waals surface area (Å²) in [6.07, 6.45) is 3.29. The van der Waals surface area contributed by atoms with Gasteiger partial charge in [-0.15, -0.1) is 0 Å². The van der Waals surface area contributed by atoms with E-state index in [0.29, 0.717) is 26.2 Å². The Bertz CT molecular complexity index is 219. The van der Waals surface area contributed by atoms with Gasteiger partial charge in [0.15, 0.2) is 0 Å². The fourth-order valence-corrected chi connectivity index (χ4v) is 1.50. The lowest BCUT2D eigenvalue weighted by Gasteiger charge is -2.21. The zero-order chi connectivity index (χ0) is 13.9. The molecule has 0 aliphatic carbocycles. The number of methoxy groups -OCH3 is 1. The zero-order valence-corrected chi connectivity index (χ0v) is 11.9. The summed E-state index contributed by atoms with van der Waals surface area (Å²) in [6.45, 7) is 6.00. The summed E-state index contributed by atoms with van der Waals surface area (Å²) in [5.41, 5.74) is 5.01. The van der Waals surface area contributed by atoms with Crippen molar-refractivity contribution in [3.05, 3.63) is 0 Å². The molecule has 0 aromatic rings. The van der Waals surface area contributed by atoms with Crippen LogP contribution >= 0.6 is 0 Å².